The van der Waals surface area contributed by atoms with Crippen molar-refractivity contribution in [1.82, 2.24) is 5.43 Å². The minimum atomic E-state index is -0.362. The molecule has 0 aliphatic carbocycles. The Morgan fingerprint density at radius 1 is 1.17 bits per heavy atom. The van der Waals surface area contributed by atoms with Crippen LogP contribution in [0, 0.1) is 11.3 Å². The Labute approximate surface area is 134 Å². The second-order valence-electron chi connectivity index (χ2n) is 4.51. The van der Waals surface area contributed by atoms with E-state index in [2.05, 4.69) is 10.5 Å². The minimum absolute atomic E-state index is 0.147. The first kappa shape index (κ1) is 16.0. The Kier molecular flexibility index (Phi) is 6.12. The molecule has 0 aromatic heterocycles. The van der Waals surface area contributed by atoms with Gasteiger partial charge in [0.1, 0.15) is 5.75 Å². The lowest BCUT2D eigenvalue weighted by atomic mass is 10.2. The van der Waals surface area contributed by atoms with Gasteiger partial charge in [-0.1, -0.05) is 36.4 Å². The molecule has 0 saturated carbocycles. The molecule has 1 N–H and O–H groups in total. The standard InChI is InChI=1S/C18H15N3O2/c19-13-16-8-10-17(11-9-16)23-14-18(22)21-20-12-4-7-15-5-2-1-3-6-15/h1-12H,14H2,(H,21,22)/b7-4+,20-12+. The van der Waals surface area contributed by atoms with E-state index in [1.165, 1.54) is 6.21 Å². The van der Waals surface area contributed by atoms with Gasteiger partial charge in [-0.2, -0.15) is 10.4 Å². The Bertz CT molecular complexity index is 729. The number of carbonyl (C=O) groups is 1. The molecule has 0 atom stereocenters. The van der Waals surface area contributed by atoms with E-state index in [9.17, 15) is 4.79 Å². The molecular weight excluding hydrogens is 290 g/mol. The highest BCUT2D eigenvalue weighted by atomic mass is 16.5. The summed E-state index contributed by atoms with van der Waals surface area (Å²) in [4.78, 5) is 11.5. The normalized spacial score (nSPS) is 10.6. The SMILES string of the molecule is N#Cc1ccc(OCC(=O)N/N=C/C=C/c2ccccc2)cc1. The van der Waals surface area contributed by atoms with E-state index < -0.39 is 0 Å². The number of hydrogen-bond donors (Lipinski definition) is 1. The summed E-state index contributed by atoms with van der Waals surface area (Å²) < 4.78 is 5.28. The van der Waals surface area contributed by atoms with Crippen LogP contribution in [0.15, 0.2) is 65.8 Å². The van der Waals surface area contributed by atoms with Gasteiger partial charge in [0.2, 0.25) is 0 Å². The molecule has 0 bridgehead atoms. The number of hydrogen-bond acceptors (Lipinski definition) is 4. The average Bonchev–Trinajstić information content (AvgIpc) is 2.61. The molecule has 0 heterocycles. The highest BCUT2D eigenvalue weighted by molar-refractivity contribution is 5.81. The van der Waals surface area contributed by atoms with Gasteiger partial charge in [0, 0.05) is 6.21 Å². The summed E-state index contributed by atoms with van der Waals surface area (Å²) in [6.07, 6.45) is 5.10. The smallest absolute Gasteiger partial charge is 0.277 e. The molecule has 0 fully saturated rings. The van der Waals surface area contributed by atoms with E-state index in [1.54, 1.807) is 30.3 Å². The Hall–Kier alpha value is -3.39. The van der Waals surface area contributed by atoms with Gasteiger partial charge >= 0.3 is 0 Å². The lowest BCUT2D eigenvalue weighted by Gasteiger charge is -2.04. The Balaban J connectivity index is 1.71. The fraction of sp³-hybridized carbons (Fsp3) is 0.0556. The van der Waals surface area contributed by atoms with E-state index in [1.807, 2.05) is 42.5 Å². The molecule has 0 unspecified atom stereocenters. The van der Waals surface area contributed by atoms with Crippen LogP contribution in [0.5, 0.6) is 5.75 Å². The fourth-order valence-electron chi connectivity index (χ4n) is 1.68. The van der Waals surface area contributed by atoms with Crippen LogP contribution in [0.1, 0.15) is 11.1 Å². The summed E-state index contributed by atoms with van der Waals surface area (Å²) in [5.41, 5.74) is 3.95. The lowest BCUT2D eigenvalue weighted by molar-refractivity contribution is -0.123. The first-order chi connectivity index (χ1) is 11.3. The average molecular weight is 305 g/mol. The van der Waals surface area contributed by atoms with Gasteiger partial charge in [-0.25, -0.2) is 5.43 Å². The number of nitriles is 1. The van der Waals surface area contributed by atoms with Crippen molar-refractivity contribution in [3.05, 3.63) is 71.8 Å². The van der Waals surface area contributed by atoms with E-state index in [-0.39, 0.29) is 12.5 Å². The van der Waals surface area contributed by atoms with Gasteiger partial charge < -0.3 is 4.74 Å². The second kappa shape index (κ2) is 8.80. The molecule has 5 nitrogen and oxygen atoms in total. The van der Waals surface area contributed by atoms with Gasteiger partial charge in [0.15, 0.2) is 6.61 Å². The molecule has 0 aliphatic rings. The number of benzene rings is 2. The van der Waals surface area contributed by atoms with E-state index in [4.69, 9.17) is 10.00 Å². The first-order valence-electron chi connectivity index (χ1n) is 6.94. The number of allylic oxidation sites excluding steroid dienone is 1. The van der Waals surface area contributed by atoms with Gasteiger partial charge in [-0.15, -0.1) is 0 Å². The second-order valence-corrected chi connectivity index (χ2v) is 4.51. The summed E-state index contributed by atoms with van der Waals surface area (Å²) in [6.45, 7) is -0.147. The van der Waals surface area contributed by atoms with E-state index in [0.717, 1.165) is 5.56 Å². The van der Waals surface area contributed by atoms with Crippen LogP contribution in [0.25, 0.3) is 6.08 Å². The monoisotopic (exact) mass is 305 g/mol. The molecule has 2 aromatic carbocycles. The van der Waals surface area contributed by atoms with Crippen LogP contribution in [-0.4, -0.2) is 18.7 Å². The van der Waals surface area contributed by atoms with Crippen LogP contribution in [0.2, 0.25) is 0 Å². The molecule has 0 radical (unpaired) electrons. The van der Waals surface area contributed by atoms with Crippen LogP contribution in [0.4, 0.5) is 0 Å². The molecule has 2 rings (SSSR count). The van der Waals surface area contributed by atoms with Gasteiger partial charge in [-0.05, 0) is 35.9 Å². The summed E-state index contributed by atoms with van der Waals surface area (Å²) >= 11 is 0. The van der Waals surface area contributed by atoms with E-state index in [0.29, 0.717) is 11.3 Å². The van der Waals surface area contributed by atoms with Crippen molar-refractivity contribution in [3.63, 3.8) is 0 Å². The quantitative estimate of drug-likeness (QED) is 0.658. The van der Waals surface area contributed by atoms with E-state index >= 15 is 0 Å². The van der Waals surface area contributed by atoms with Crippen LogP contribution < -0.4 is 10.2 Å². The van der Waals surface area contributed by atoms with Crippen LogP contribution in [-0.2, 0) is 4.79 Å². The third-order valence-corrected chi connectivity index (χ3v) is 2.79. The Morgan fingerprint density at radius 2 is 1.91 bits per heavy atom. The molecule has 2 aromatic rings. The third kappa shape index (κ3) is 5.86. The summed E-state index contributed by atoms with van der Waals surface area (Å²) in [6, 6.07) is 18.3. The molecular formula is C18H15N3O2. The summed E-state index contributed by atoms with van der Waals surface area (Å²) in [5, 5.41) is 12.5. The largest absolute Gasteiger partial charge is 0.484 e. The number of nitrogens with one attached hydrogen (secondary N) is 1. The molecule has 0 spiro atoms. The van der Waals surface area contributed by atoms with Gasteiger partial charge in [0.25, 0.3) is 5.91 Å². The predicted octanol–water partition coefficient (Wildman–Crippen LogP) is 2.75. The molecule has 114 valence electrons. The predicted molar refractivity (Wildman–Crippen MR) is 88.8 cm³/mol. The van der Waals surface area contributed by atoms with Gasteiger partial charge in [0.05, 0.1) is 11.6 Å². The van der Waals surface area contributed by atoms with Gasteiger partial charge in [-0.3, -0.25) is 4.79 Å². The first-order valence-corrected chi connectivity index (χ1v) is 6.94. The minimum Gasteiger partial charge on any atom is -0.484 e. The molecule has 0 aliphatic heterocycles. The number of hydrazone groups is 1. The maximum atomic E-state index is 11.5. The van der Waals surface area contributed by atoms with Crippen LogP contribution >= 0.6 is 0 Å². The fourth-order valence-corrected chi connectivity index (χ4v) is 1.68. The number of amides is 1. The zero-order valence-corrected chi connectivity index (χ0v) is 12.3. The molecule has 23 heavy (non-hydrogen) atoms. The van der Waals surface area contributed by atoms with Crippen molar-refractivity contribution in [2.24, 2.45) is 5.10 Å². The van der Waals surface area contributed by atoms with Crippen molar-refractivity contribution >= 4 is 18.2 Å². The van der Waals surface area contributed by atoms with Crippen molar-refractivity contribution in [2.75, 3.05) is 6.61 Å². The van der Waals surface area contributed by atoms with Crippen molar-refractivity contribution in [3.8, 4) is 11.8 Å². The van der Waals surface area contributed by atoms with Crippen molar-refractivity contribution in [2.45, 2.75) is 0 Å². The maximum absolute atomic E-state index is 11.5. The Morgan fingerprint density at radius 3 is 2.61 bits per heavy atom. The zero-order chi connectivity index (χ0) is 16.3. The maximum Gasteiger partial charge on any atom is 0.277 e. The number of ether oxygens (including phenoxy) is 1. The molecule has 5 heteroatoms. The zero-order valence-electron chi connectivity index (χ0n) is 12.3. The summed E-state index contributed by atoms with van der Waals surface area (Å²) in [7, 11) is 0. The number of nitrogens with zero attached hydrogens (tertiary/aromatic N) is 2. The number of carbonyl (C=O) groups excluding carboxylic acids is 1. The lowest BCUT2D eigenvalue weighted by Crippen LogP contribution is -2.24. The highest BCUT2D eigenvalue weighted by Gasteiger charge is 2.01. The number of rotatable bonds is 6. The highest BCUT2D eigenvalue weighted by Crippen LogP contribution is 2.11. The summed E-state index contributed by atoms with van der Waals surface area (Å²) in [5.74, 6) is 0.158. The molecule has 0 saturated heterocycles. The topological polar surface area (TPSA) is 74.5 Å². The third-order valence-electron chi connectivity index (χ3n) is 2.79. The van der Waals surface area contributed by atoms with Crippen molar-refractivity contribution in [1.29, 1.82) is 5.26 Å². The van der Waals surface area contributed by atoms with Crippen LogP contribution in [0.3, 0.4) is 0 Å². The van der Waals surface area contributed by atoms with Crippen molar-refractivity contribution < 1.29 is 9.53 Å². The molecule has 1 amide bonds.